The molecular formula is C18H22N4O. The zero-order chi connectivity index (χ0) is 16.1. The van der Waals surface area contributed by atoms with Crippen molar-refractivity contribution in [3.05, 3.63) is 59.7 Å². The van der Waals surface area contributed by atoms with Gasteiger partial charge in [-0.2, -0.15) is 0 Å². The van der Waals surface area contributed by atoms with Crippen LogP contribution in [0.15, 0.2) is 42.9 Å². The number of benzene rings is 1. The Bertz CT molecular complexity index is 659. The monoisotopic (exact) mass is 310 g/mol. The van der Waals surface area contributed by atoms with Crippen molar-refractivity contribution in [3.63, 3.8) is 0 Å². The number of hydrogen-bond donors (Lipinski definition) is 1. The molecule has 1 amide bonds. The third-order valence-electron chi connectivity index (χ3n) is 4.41. The molecule has 2 heterocycles. The first-order valence-corrected chi connectivity index (χ1v) is 8.06. The lowest BCUT2D eigenvalue weighted by Gasteiger charge is -2.17. The highest BCUT2D eigenvalue weighted by atomic mass is 16.1. The maximum Gasteiger partial charge on any atom is 0.271 e. The number of likely N-dealkylation sites (tertiary alicyclic amines) is 1. The molecular weight excluding hydrogens is 288 g/mol. The molecule has 0 bridgehead atoms. The van der Waals surface area contributed by atoms with Crippen molar-refractivity contribution in [2.75, 3.05) is 26.2 Å². The molecule has 5 nitrogen and oxygen atoms in total. The Morgan fingerprint density at radius 3 is 3.00 bits per heavy atom. The van der Waals surface area contributed by atoms with Gasteiger partial charge < -0.3 is 10.2 Å². The third-order valence-corrected chi connectivity index (χ3v) is 4.41. The van der Waals surface area contributed by atoms with E-state index in [1.807, 2.05) is 0 Å². The van der Waals surface area contributed by atoms with Crippen LogP contribution in [-0.2, 0) is 0 Å². The first-order chi connectivity index (χ1) is 11.2. The summed E-state index contributed by atoms with van der Waals surface area (Å²) in [5.41, 5.74) is 3.20. The fraction of sp³-hybridized carbons (Fsp3) is 0.389. The minimum absolute atomic E-state index is 0.159. The van der Waals surface area contributed by atoms with Crippen LogP contribution >= 0.6 is 0 Å². The molecule has 1 aliphatic heterocycles. The van der Waals surface area contributed by atoms with E-state index in [2.05, 4.69) is 51.4 Å². The molecule has 1 aromatic carbocycles. The summed E-state index contributed by atoms with van der Waals surface area (Å²) in [5.74, 6) is 0.444. The zero-order valence-electron chi connectivity index (χ0n) is 13.4. The minimum atomic E-state index is -0.159. The Kier molecular flexibility index (Phi) is 4.98. The average molecular weight is 310 g/mol. The van der Waals surface area contributed by atoms with Gasteiger partial charge in [0.05, 0.1) is 6.20 Å². The number of aryl methyl sites for hydroxylation is 1. The number of hydrogen-bond acceptors (Lipinski definition) is 4. The molecule has 1 N–H and O–H groups in total. The lowest BCUT2D eigenvalue weighted by molar-refractivity contribution is 0.0944. The Balaban J connectivity index is 1.46. The highest BCUT2D eigenvalue weighted by Gasteiger charge is 2.24. The molecule has 23 heavy (non-hydrogen) atoms. The summed E-state index contributed by atoms with van der Waals surface area (Å²) in [7, 11) is 0. The molecule has 1 aromatic heterocycles. The van der Waals surface area contributed by atoms with Crippen LogP contribution in [0.3, 0.4) is 0 Å². The highest BCUT2D eigenvalue weighted by molar-refractivity contribution is 5.91. The summed E-state index contributed by atoms with van der Waals surface area (Å²) in [6, 6.07) is 8.62. The molecule has 0 radical (unpaired) electrons. The van der Waals surface area contributed by atoms with E-state index in [1.165, 1.54) is 29.9 Å². The minimum Gasteiger partial charge on any atom is -0.349 e. The summed E-state index contributed by atoms with van der Waals surface area (Å²) in [4.78, 5) is 22.2. The first kappa shape index (κ1) is 15.6. The Hall–Kier alpha value is -2.27. The number of nitrogens with zero attached hydrogens (tertiary/aromatic N) is 3. The molecule has 1 atom stereocenters. The topological polar surface area (TPSA) is 58.1 Å². The molecule has 120 valence electrons. The first-order valence-electron chi connectivity index (χ1n) is 8.06. The maximum absolute atomic E-state index is 11.9. The van der Waals surface area contributed by atoms with Crippen molar-refractivity contribution >= 4 is 5.91 Å². The number of amides is 1. The van der Waals surface area contributed by atoms with Gasteiger partial charge in [-0.15, -0.1) is 0 Å². The van der Waals surface area contributed by atoms with E-state index in [4.69, 9.17) is 0 Å². The highest BCUT2D eigenvalue weighted by Crippen LogP contribution is 2.28. The molecule has 1 aliphatic rings. The van der Waals surface area contributed by atoms with E-state index in [9.17, 15) is 4.79 Å². The third kappa shape index (κ3) is 3.93. The van der Waals surface area contributed by atoms with Gasteiger partial charge in [0.25, 0.3) is 5.91 Å². The van der Waals surface area contributed by atoms with Gasteiger partial charge in [0.1, 0.15) is 5.69 Å². The van der Waals surface area contributed by atoms with Crippen LogP contribution in [0.5, 0.6) is 0 Å². The predicted molar refractivity (Wildman–Crippen MR) is 89.3 cm³/mol. The van der Waals surface area contributed by atoms with Crippen molar-refractivity contribution in [1.29, 1.82) is 0 Å². The van der Waals surface area contributed by atoms with Gasteiger partial charge in [0, 0.05) is 32.0 Å². The SMILES string of the molecule is Cc1ccccc1C1CCN(CCNC(=O)c2cnccn2)C1. The zero-order valence-corrected chi connectivity index (χ0v) is 13.4. The smallest absolute Gasteiger partial charge is 0.271 e. The summed E-state index contributed by atoms with van der Waals surface area (Å²) in [5, 5.41) is 2.91. The summed E-state index contributed by atoms with van der Waals surface area (Å²) in [6.07, 6.45) is 5.76. The van der Waals surface area contributed by atoms with Gasteiger partial charge in [0.15, 0.2) is 0 Å². The molecule has 0 saturated carbocycles. The Labute approximate surface area is 136 Å². The summed E-state index contributed by atoms with van der Waals surface area (Å²) < 4.78 is 0. The van der Waals surface area contributed by atoms with Crippen LogP contribution in [-0.4, -0.2) is 47.0 Å². The fourth-order valence-corrected chi connectivity index (χ4v) is 3.17. The molecule has 1 saturated heterocycles. The van der Waals surface area contributed by atoms with Crippen LogP contribution in [0.2, 0.25) is 0 Å². The molecule has 0 aliphatic carbocycles. The van der Waals surface area contributed by atoms with E-state index in [-0.39, 0.29) is 5.91 Å². The second-order valence-electron chi connectivity index (χ2n) is 5.99. The molecule has 1 fully saturated rings. The van der Waals surface area contributed by atoms with Gasteiger partial charge in [-0.25, -0.2) is 4.98 Å². The summed E-state index contributed by atoms with van der Waals surface area (Å²) in [6.45, 7) is 5.83. The largest absolute Gasteiger partial charge is 0.349 e. The lowest BCUT2D eigenvalue weighted by atomic mass is 9.94. The number of carbonyl (C=O) groups excluding carboxylic acids is 1. The number of carbonyl (C=O) groups is 1. The second kappa shape index (κ2) is 7.33. The van der Waals surface area contributed by atoms with Gasteiger partial charge in [-0.1, -0.05) is 24.3 Å². The number of aromatic nitrogens is 2. The maximum atomic E-state index is 11.9. The number of rotatable bonds is 5. The van der Waals surface area contributed by atoms with Gasteiger partial charge in [-0.05, 0) is 36.9 Å². The standard InChI is InChI=1S/C18H22N4O/c1-14-4-2-3-5-16(14)15-6-10-22(13-15)11-9-21-18(23)17-12-19-7-8-20-17/h2-5,7-8,12,15H,6,9-11,13H2,1H3,(H,21,23). The van der Waals surface area contributed by atoms with Crippen LogP contribution in [0.1, 0.15) is 34.0 Å². The molecule has 1 unspecified atom stereocenters. The van der Waals surface area contributed by atoms with Crippen LogP contribution in [0.4, 0.5) is 0 Å². The van der Waals surface area contributed by atoms with Crippen molar-refractivity contribution in [1.82, 2.24) is 20.2 Å². The van der Waals surface area contributed by atoms with Crippen molar-refractivity contribution in [2.45, 2.75) is 19.3 Å². The van der Waals surface area contributed by atoms with Gasteiger partial charge >= 0.3 is 0 Å². The quantitative estimate of drug-likeness (QED) is 0.918. The van der Waals surface area contributed by atoms with E-state index in [0.717, 1.165) is 19.6 Å². The fourth-order valence-electron chi connectivity index (χ4n) is 3.17. The van der Waals surface area contributed by atoms with E-state index in [0.29, 0.717) is 18.2 Å². The van der Waals surface area contributed by atoms with E-state index >= 15 is 0 Å². The van der Waals surface area contributed by atoms with Crippen LogP contribution in [0, 0.1) is 6.92 Å². The molecule has 5 heteroatoms. The molecule has 2 aromatic rings. The van der Waals surface area contributed by atoms with Crippen molar-refractivity contribution < 1.29 is 4.79 Å². The van der Waals surface area contributed by atoms with E-state index in [1.54, 1.807) is 6.20 Å². The van der Waals surface area contributed by atoms with Gasteiger partial charge in [0.2, 0.25) is 0 Å². The lowest BCUT2D eigenvalue weighted by Crippen LogP contribution is -2.34. The summed E-state index contributed by atoms with van der Waals surface area (Å²) >= 11 is 0. The van der Waals surface area contributed by atoms with Gasteiger partial charge in [-0.3, -0.25) is 9.78 Å². The normalized spacial score (nSPS) is 18.0. The molecule has 0 spiro atoms. The van der Waals surface area contributed by atoms with Crippen molar-refractivity contribution in [2.24, 2.45) is 0 Å². The van der Waals surface area contributed by atoms with Crippen molar-refractivity contribution in [3.8, 4) is 0 Å². The number of nitrogens with one attached hydrogen (secondary N) is 1. The Morgan fingerprint density at radius 2 is 2.22 bits per heavy atom. The molecule has 3 rings (SSSR count). The predicted octanol–water partition coefficient (Wildman–Crippen LogP) is 2.00. The van der Waals surface area contributed by atoms with Crippen LogP contribution in [0.25, 0.3) is 0 Å². The van der Waals surface area contributed by atoms with E-state index < -0.39 is 0 Å². The van der Waals surface area contributed by atoms with Crippen LogP contribution < -0.4 is 5.32 Å². The second-order valence-corrected chi connectivity index (χ2v) is 5.99. The average Bonchev–Trinajstić information content (AvgIpc) is 3.04. The Morgan fingerprint density at radius 1 is 1.35 bits per heavy atom.